The normalized spacial score (nSPS) is 21.0. The summed E-state index contributed by atoms with van der Waals surface area (Å²) in [7, 11) is 0. The highest BCUT2D eigenvalue weighted by atomic mass is 16.5. The second kappa shape index (κ2) is 6.20. The Labute approximate surface area is 128 Å². The lowest BCUT2D eigenvalue weighted by Gasteiger charge is -2.54. The summed E-state index contributed by atoms with van der Waals surface area (Å²) in [6.45, 7) is 15.6. The molecule has 1 fully saturated rings. The average Bonchev–Trinajstić information content (AvgIpc) is 2.24. The Balaban J connectivity index is 2.94. The lowest BCUT2D eigenvalue weighted by Crippen LogP contribution is -2.64. The van der Waals surface area contributed by atoms with Crippen molar-refractivity contribution in [3.8, 4) is 0 Å². The van der Waals surface area contributed by atoms with Crippen LogP contribution in [0.15, 0.2) is 12.2 Å². The molecule has 1 saturated heterocycles. The van der Waals surface area contributed by atoms with Crippen molar-refractivity contribution in [3.05, 3.63) is 12.2 Å². The first-order chi connectivity index (χ1) is 9.51. The van der Waals surface area contributed by atoms with Crippen molar-refractivity contribution in [1.82, 2.24) is 4.90 Å². The third kappa shape index (κ3) is 4.08. The monoisotopic (exact) mass is 295 g/mol. The third-order valence-electron chi connectivity index (χ3n) is 3.99. The number of rotatable bonds is 4. The molecule has 0 bridgehead atoms. The third-order valence-corrected chi connectivity index (χ3v) is 3.99. The highest BCUT2D eigenvalue weighted by Crippen LogP contribution is 2.40. The van der Waals surface area contributed by atoms with Gasteiger partial charge in [0.1, 0.15) is 6.10 Å². The molecule has 0 aromatic heterocycles. The van der Waals surface area contributed by atoms with Crippen molar-refractivity contribution in [2.24, 2.45) is 0 Å². The van der Waals surface area contributed by atoms with E-state index in [1.165, 1.54) is 0 Å². The smallest absolute Gasteiger partial charge is 0.306 e. The Bertz CT molecular complexity index is 419. The van der Waals surface area contributed by atoms with Crippen molar-refractivity contribution in [2.45, 2.75) is 84.4 Å². The van der Waals surface area contributed by atoms with Gasteiger partial charge in [-0.15, -0.1) is 0 Å². The SMILES string of the molecule is C=C(C)C(=O)N1C(C)(C)CC(OC(=O)CCC)CC1(C)C. The maximum Gasteiger partial charge on any atom is 0.306 e. The second-order valence-electron chi connectivity index (χ2n) is 7.32. The van der Waals surface area contributed by atoms with Gasteiger partial charge in [-0.05, 0) is 41.0 Å². The van der Waals surface area contributed by atoms with E-state index in [4.69, 9.17) is 4.74 Å². The minimum Gasteiger partial charge on any atom is -0.462 e. The average molecular weight is 295 g/mol. The lowest BCUT2D eigenvalue weighted by molar-refractivity contribution is -0.165. The zero-order chi connectivity index (χ0) is 16.4. The van der Waals surface area contributed by atoms with Gasteiger partial charge in [-0.3, -0.25) is 9.59 Å². The summed E-state index contributed by atoms with van der Waals surface area (Å²) in [5.41, 5.74) is -0.193. The summed E-state index contributed by atoms with van der Waals surface area (Å²) < 4.78 is 5.59. The Morgan fingerprint density at radius 1 is 1.19 bits per heavy atom. The molecule has 1 aliphatic rings. The first kappa shape index (κ1) is 17.7. The van der Waals surface area contributed by atoms with E-state index in [-0.39, 0.29) is 29.1 Å². The molecule has 1 aliphatic heterocycles. The fourth-order valence-electron chi connectivity index (χ4n) is 3.46. The van der Waals surface area contributed by atoms with Crippen LogP contribution in [0.5, 0.6) is 0 Å². The summed E-state index contributed by atoms with van der Waals surface area (Å²) in [5, 5.41) is 0. The molecule has 1 rings (SSSR count). The highest BCUT2D eigenvalue weighted by Gasteiger charge is 2.48. The van der Waals surface area contributed by atoms with Crippen LogP contribution >= 0.6 is 0 Å². The standard InChI is InChI=1S/C17H29NO3/c1-8-9-14(19)21-13-10-16(4,5)18(15(20)12(2)3)17(6,7)11-13/h13H,2,8-11H2,1,3-7H3. The molecule has 0 unspecified atom stereocenters. The van der Waals surface area contributed by atoms with Crippen LogP contribution in [-0.4, -0.2) is 34.0 Å². The van der Waals surface area contributed by atoms with Gasteiger partial charge < -0.3 is 9.64 Å². The number of carbonyl (C=O) groups is 2. The Morgan fingerprint density at radius 2 is 1.67 bits per heavy atom. The molecule has 120 valence electrons. The van der Waals surface area contributed by atoms with E-state index in [0.717, 1.165) is 6.42 Å². The van der Waals surface area contributed by atoms with E-state index in [1.54, 1.807) is 6.92 Å². The number of carbonyl (C=O) groups excluding carboxylic acids is 2. The molecule has 1 heterocycles. The van der Waals surface area contributed by atoms with Crippen molar-refractivity contribution >= 4 is 11.9 Å². The number of nitrogens with zero attached hydrogens (tertiary/aromatic N) is 1. The van der Waals surface area contributed by atoms with Gasteiger partial charge >= 0.3 is 5.97 Å². The van der Waals surface area contributed by atoms with Gasteiger partial charge in [0.05, 0.1) is 0 Å². The molecule has 21 heavy (non-hydrogen) atoms. The van der Waals surface area contributed by atoms with E-state index >= 15 is 0 Å². The van der Waals surface area contributed by atoms with Crippen LogP contribution in [0.2, 0.25) is 0 Å². The summed E-state index contributed by atoms with van der Waals surface area (Å²) in [4.78, 5) is 26.1. The lowest BCUT2D eigenvalue weighted by atomic mass is 9.77. The second-order valence-corrected chi connectivity index (χ2v) is 7.32. The molecular weight excluding hydrogens is 266 g/mol. The van der Waals surface area contributed by atoms with Crippen LogP contribution in [-0.2, 0) is 14.3 Å². The van der Waals surface area contributed by atoms with E-state index in [0.29, 0.717) is 24.8 Å². The molecule has 4 heteroatoms. The van der Waals surface area contributed by atoms with Gasteiger partial charge in [-0.1, -0.05) is 13.5 Å². The molecule has 0 saturated carbocycles. The number of likely N-dealkylation sites (tertiary alicyclic amines) is 1. The van der Waals surface area contributed by atoms with E-state index < -0.39 is 0 Å². The number of hydrogen-bond donors (Lipinski definition) is 0. The first-order valence-corrected chi connectivity index (χ1v) is 7.71. The maximum atomic E-state index is 12.5. The van der Waals surface area contributed by atoms with Crippen molar-refractivity contribution in [1.29, 1.82) is 0 Å². The molecule has 1 amide bonds. The number of piperidine rings is 1. The van der Waals surface area contributed by atoms with Crippen LogP contribution in [0.25, 0.3) is 0 Å². The number of ether oxygens (including phenoxy) is 1. The van der Waals surface area contributed by atoms with E-state index in [1.807, 2.05) is 39.5 Å². The van der Waals surface area contributed by atoms with Crippen LogP contribution in [0.4, 0.5) is 0 Å². The zero-order valence-corrected chi connectivity index (χ0v) is 14.3. The van der Waals surface area contributed by atoms with Crippen LogP contribution in [0.1, 0.15) is 67.2 Å². The topological polar surface area (TPSA) is 46.6 Å². The molecule has 0 aromatic rings. The van der Waals surface area contributed by atoms with Crippen molar-refractivity contribution in [3.63, 3.8) is 0 Å². The number of amides is 1. The largest absolute Gasteiger partial charge is 0.462 e. The van der Waals surface area contributed by atoms with Crippen molar-refractivity contribution in [2.75, 3.05) is 0 Å². The minimum atomic E-state index is -0.366. The molecule has 0 atom stereocenters. The van der Waals surface area contributed by atoms with Gasteiger partial charge in [0, 0.05) is 35.9 Å². The Morgan fingerprint density at radius 3 is 2.05 bits per heavy atom. The van der Waals surface area contributed by atoms with Gasteiger partial charge in [-0.2, -0.15) is 0 Å². The highest BCUT2D eigenvalue weighted by molar-refractivity contribution is 5.93. The van der Waals surface area contributed by atoms with Gasteiger partial charge in [0.2, 0.25) is 5.91 Å². The maximum absolute atomic E-state index is 12.5. The van der Waals surface area contributed by atoms with E-state index in [2.05, 4.69) is 6.58 Å². The Hall–Kier alpha value is -1.32. The van der Waals surface area contributed by atoms with Crippen molar-refractivity contribution < 1.29 is 14.3 Å². The molecule has 0 aromatic carbocycles. The number of esters is 1. The van der Waals surface area contributed by atoms with Gasteiger partial charge in [-0.25, -0.2) is 0 Å². The minimum absolute atomic E-state index is 0.0247. The fraction of sp³-hybridized carbons (Fsp3) is 0.765. The van der Waals surface area contributed by atoms with Crippen LogP contribution < -0.4 is 0 Å². The molecule has 0 spiro atoms. The Kier molecular flexibility index (Phi) is 5.24. The summed E-state index contributed by atoms with van der Waals surface area (Å²) in [6, 6.07) is 0. The zero-order valence-electron chi connectivity index (χ0n) is 14.3. The molecular formula is C17H29NO3. The summed E-state index contributed by atoms with van der Waals surface area (Å²) >= 11 is 0. The predicted molar refractivity (Wildman–Crippen MR) is 83.8 cm³/mol. The number of hydrogen-bond acceptors (Lipinski definition) is 3. The van der Waals surface area contributed by atoms with Crippen LogP contribution in [0, 0.1) is 0 Å². The summed E-state index contributed by atoms with van der Waals surface area (Å²) in [6.07, 6.45) is 2.42. The fourth-order valence-corrected chi connectivity index (χ4v) is 3.46. The molecule has 0 N–H and O–H groups in total. The summed E-state index contributed by atoms with van der Waals surface area (Å²) in [5.74, 6) is -0.169. The van der Waals surface area contributed by atoms with E-state index in [9.17, 15) is 9.59 Å². The van der Waals surface area contributed by atoms with Gasteiger partial charge in [0.15, 0.2) is 0 Å². The van der Waals surface area contributed by atoms with Crippen LogP contribution in [0.3, 0.4) is 0 Å². The first-order valence-electron chi connectivity index (χ1n) is 7.71. The molecule has 4 nitrogen and oxygen atoms in total. The molecule has 0 aliphatic carbocycles. The molecule has 0 radical (unpaired) electrons. The quantitative estimate of drug-likeness (QED) is 0.589. The van der Waals surface area contributed by atoms with Gasteiger partial charge in [0.25, 0.3) is 0 Å². The predicted octanol–water partition coefficient (Wildman–Crippen LogP) is 3.45.